The molecule has 2 aliphatic heterocycles. The fourth-order valence-electron chi connectivity index (χ4n) is 4.54. The van der Waals surface area contributed by atoms with Crippen molar-refractivity contribution < 1.29 is 31.1 Å². The fourth-order valence-corrected chi connectivity index (χ4v) is 7.66. The quantitative estimate of drug-likeness (QED) is 0.372. The van der Waals surface area contributed by atoms with E-state index in [2.05, 4.69) is 5.32 Å². The van der Waals surface area contributed by atoms with Gasteiger partial charge in [-0.25, -0.2) is 16.8 Å². The highest BCUT2D eigenvalue weighted by Gasteiger charge is 2.37. The van der Waals surface area contributed by atoms with E-state index in [0.29, 0.717) is 29.5 Å². The van der Waals surface area contributed by atoms with E-state index < -0.39 is 32.1 Å². The van der Waals surface area contributed by atoms with Gasteiger partial charge in [0.2, 0.25) is 10.0 Å². The number of ether oxygens (including phenoxy) is 2. The molecule has 2 aliphatic rings. The number of carbonyl (C=O) groups excluding carboxylic acids is 1. The van der Waals surface area contributed by atoms with Crippen molar-refractivity contribution in [2.45, 2.75) is 28.7 Å². The summed E-state index contributed by atoms with van der Waals surface area (Å²) in [6.45, 7) is 1.07. The van der Waals surface area contributed by atoms with Crippen molar-refractivity contribution in [3.63, 3.8) is 0 Å². The van der Waals surface area contributed by atoms with Gasteiger partial charge in [-0.05, 0) is 73.5 Å². The van der Waals surface area contributed by atoms with E-state index in [4.69, 9.17) is 21.1 Å². The van der Waals surface area contributed by atoms with E-state index in [-0.39, 0.29) is 35.2 Å². The number of rotatable bonds is 9. The van der Waals surface area contributed by atoms with E-state index in [9.17, 15) is 21.6 Å². The molecule has 5 rings (SSSR count). The van der Waals surface area contributed by atoms with Crippen LogP contribution in [-0.4, -0.2) is 65.9 Å². The average molecular weight is 606 g/mol. The molecule has 3 aromatic carbocycles. The Balaban J connectivity index is 1.19. The first-order valence-corrected chi connectivity index (χ1v) is 16.0. The Bertz CT molecular complexity index is 1580. The number of hydrogen-bond donors (Lipinski definition) is 1. The molecule has 0 spiro atoms. The minimum Gasteiger partial charge on any atom is -0.492 e. The number of fused-ring (bicyclic) bond motifs is 1. The number of benzene rings is 3. The molecule has 10 nitrogen and oxygen atoms in total. The molecule has 1 saturated heterocycles. The highest BCUT2D eigenvalue weighted by atomic mass is 35.5. The topological polar surface area (TPSA) is 122 Å². The molecule has 2 heterocycles. The summed E-state index contributed by atoms with van der Waals surface area (Å²) >= 11 is 5.92. The van der Waals surface area contributed by atoms with Gasteiger partial charge in [-0.2, -0.15) is 4.31 Å². The smallest absolute Gasteiger partial charge is 0.264 e. The Morgan fingerprint density at radius 2 is 1.52 bits per heavy atom. The fraction of sp³-hybridized carbons (Fsp3) is 0.296. The maximum atomic E-state index is 13.4. The number of para-hydroxylation sites is 2. The van der Waals surface area contributed by atoms with Gasteiger partial charge in [0, 0.05) is 18.1 Å². The molecule has 0 radical (unpaired) electrons. The van der Waals surface area contributed by atoms with E-state index in [0.717, 1.165) is 17.1 Å². The second kappa shape index (κ2) is 11.7. The van der Waals surface area contributed by atoms with Gasteiger partial charge in [-0.1, -0.05) is 23.7 Å². The lowest BCUT2D eigenvalue weighted by atomic mass is 10.2. The van der Waals surface area contributed by atoms with Crippen LogP contribution in [0.5, 0.6) is 11.5 Å². The largest absolute Gasteiger partial charge is 0.492 e. The van der Waals surface area contributed by atoms with Gasteiger partial charge >= 0.3 is 0 Å². The molecule has 0 aromatic heterocycles. The summed E-state index contributed by atoms with van der Waals surface area (Å²) in [5, 5.41) is 3.12. The van der Waals surface area contributed by atoms with Gasteiger partial charge in [-0.3, -0.25) is 9.10 Å². The Kier molecular flexibility index (Phi) is 8.22. The zero-order valence-corrected chi connectivity index (χ0v) is 23.8. The lowest BCUT2D eigenvalue weighted by Gasteiger charge is -2.34. The van der Waals surface area contributed by atoms with Crippen LogP contribution in [0.25, 0.3) is 0 Å². The number of sulfonamides is 2. The first kappa shape index (κ1) is 28.2. The Labute approximate surface area is 238 Å². The van der Waals surface area contributed by atoms with Crippen LogP contribution in [-0.2, 0) is 24.8 Å². The van der Waals surface area contributed by atoms with Crippen LogP contribution < -0.4 is 19.1 Å². The van der Waals surface area contributed by atoms with E-state index >= 15 is 0 Å². The SMILES string of the molecule is O=C(NCCOc1ccc(S(=O)(=O)N2CCCC2)cc1)[C@@H]1CN(S(=O)(=O)c2ccc(Cl)cc2)c2ccccc2O1. The maximum Gasteiger partial charge on any atom is 0.264 e. The third-order valence-corrected chi connectivity index (χ3v) is 10.6. The molecule has 1 N–H and O–H groups in total. The predicted molar refractivity (Wildman–Crippen MR) is 150 cm³/mol. The maximum absolute atomic E-state index is 13.4. The zero-order chi connectivity index (χ0) is 28.3. The first-order valence-electron chi connectivity index (χ1n) is 12.7. The van der Waals surface area contributed by atoms with Gasteiger partial charge < -0.3 is 14.8 Å². The lowest BCUT2D eigenvalue weighted by molar-refractivity contribution is -0.127. The number of halogens is 1. The standard InChI is InChI=1S/C27H28ClN3O7S2/c28-20-7-11-23(12-8-20)40(35,36)31-19-26(38-25-6-2-1-5-24(25)31)27(32)29-15-18-37-21-9-13-22(14-10-21)39(33,34)30-16-3-4-17-30/h1-2,5-14,26H,3-4,15-19H2,(H,29,32)/t26-/m0/s1. The number of nitrogens with one attached hydrogen (secondary N) is 1. The van der Waals surface area contributed by atoms with Crippen LogP contribution in [0.2, 0.25) is 5.02 Å². The second-order valence-corrected chi connectivity index (χ2v) is 13.5. The number of hydrogen-bond acceptors (Lipinski definition) is 7. The summed E-state index contributed by atoms with van der Waals surface area (Å²) in [5.74, 6) is 0.228. The second-order valence-electron chi connectivity index (χ2n) is 9.29. The van der Waals surface area contributed by atoms with Crippen LogP contribution in [0.3, 0.4) is 0 Å². The van der Waals surface area contributed by atoms with Crippen molar-refractivity contribution in [2.24, 2.45) is 0 Å². The molecule has 212 valence electrons. The van der Waals surface area contributed by atoms with Crippen molar-refractivity contribution in [3.8, 4) is 11.5 Å². The molecular weight excluding hydrogens is 578 g/mol. The van der Waals surface area contributed by atoms with Crippen molar-refractivity contribution in [1.82, 2.24) is 9.62 Å². The Hall–Kier alpha value is -3.32. The van der Waals surface area contributed by atoms with Crippen LogP contribution >= 0.6 is 11.6 Å². The molecule has 0 aliphatic carbocycles. The van der Waals surface area contributed by atoms with Gasteiger partial charge in [0.05, 0.1) is 28.6 Å². The summed E-state index contributed by atoms with van der Waals surface area (Å²) in [7, 11) is -7.50. The molecule has 13 heteroatoms. The van der Waals surface area contributed by atoms with Gasteiger partial charge in [0.25, 0.3) is 15.9 Å². The van der Waals surface area contributed by atoms with Crippen LogP contribution in [0.4, 0.5) is 5.69 Å². The zero-order valence-electron chi connectivity index (χ0n) is 21.4. The van der Waals surface area contributed by atoms with E-state index in [1.54, 1.807) is 36.4 Å². The van der Waals surface area contributed by atoms with Crippen molar-refractivity contribution in [1.29, 1.82) is 0 Å². The molecule has 0 bridgehead atoms. The molecule has 1 atom stereocenters. The summed E-state index contributed by atoms with van der Waals surface area (Å²) in [4.78, 5) is 13.2. The normalized spacial score (nSPS) is 17.6. The highest BCUT2D eigenvalue weighted by Crippen LogP contribution is 2.37. The summed E-state index contributed by atoms with van der Waals surface area (Å²) in [6, 6.07) is 18.6. The number of amides is 1. The summed E-state index contributed by atoms with van der Waals surface area (Å²) < 4.78 is 66.3. The number of nitrogens with zero attached hydrogens (tertiary/aromatic N) is 2. The van der Waals surface area contributed by atoms with Crippen LogP contribution in [0.15, 0.2) is 82.6 Å². The third-order valence-electron chi connectivity index (χ3n) is 6.63. The van der Waals surface area contributed by atoms with Crippen LogP contribution in [0, 0.1) is 0 Å². The molecular formula is C27H28ClN3O7S2. The van der Waals surface area contributed by atoms with Crippen LogP contribution in [0.1, 0.15) is 12.8 Å². The third kappa shape index (κ3) is 5.90. The number of anilines is 1. The number of carbonyl (C=O) groups is 1. The molecule has 40 heavy (non-hydrogen) atoms. The van der Waals surface area contributed by atoms with Crippen molar-refractivity contribution in [2.75, 3.05) is 37.1 Å². The monoisotopic (exact) mass is 605 g/mol. The molecule has 1 fully saturated rings. The van der Waals surface area contributed by atoms with E-state index in [1.807, 2.05) is 0 Å². The molecule has 0 saturated carbocycles. The van der Waals surface area contributed by atoms with Gasteiger partial charge in [-0.15, -0.1) is 0 Å². The minimum atomic E-state index is -4.00. The first-order chi connectivity index (χ1) is 19.2. The molecule has 1 amide bonds. The molecule has 3 aromatic rings. The average Bonchev–Trinajstić information content (AvgIpc) is 3.51. The summed E-state index contributed by atoms with van der Waals surface area (Å²) in [5.41, 5.74) is 0.333. The van der Waals surface area contributed by atoms with Gasteiger partial charge in [0.15, 0.2) is 6.10 Å². The molecule has 0 unspecified atom stereocenters. The van der Waals surface area contributed by atoms with Crippen molar-refractivity contribution >= 4 is 43.2 Å². The Morgan fingerprint density at radius 3 is 2.23 bits per heavy atom. The van der Waals surface area contributed by atoms with E-state index in [1.165, 1.54) is 40.7 Å². The predicted octanol–water partition coefficient (Wildman–Crippen LogP) is 3.28. The minimum absolute atomic E-state index is 0.0420. The van der Waals surface area contributed by atoms with Crippen molar-refractivity contribution in [3.05, 3.63) is 77.8 Å². The van der Waals surface area contributed by atoms with Gasteiger partial charge in [0.1, 0.15) is 18.1 Å². The lowest BCUT2D eigenvalue weighted by Crippen LogP contribution is -2.51. The Morgan fingerprint density at radius 1 is 0.900 bits per heavy atom. The highest BCUT2D eigenvalue weighted by molar-refractivity contribution is 7.92. The summed E-state index contributed by atoms with van der Waals surface area (Å²) in [6.07, 6.45) is 0.633.